The molecule has 0 aliphatic carbocycles. The maximum Gasteiger partial charge on any atom is 0.282 e. The Morgan fingerprint density at radius 1 is 1.20 bits per heavy atom. The molecule has 1 aromatic carbocycles. The number of hydrogen-bond acceptors (Lipinski definition) is 4. The van der Waals surface area contributed by atoms with Crippen molar-refractivity contribution in [3.8, 4) is 0 Å². The maximum absolute atomic E-state index is 11.8. The van der Waals surface area contributed by atoms with E-state index in [1.54, 1.807) is 19.9 Å². The highest BCUT2D eigenvalue weighted by atomic mass is 16.6. The summed E-state index contributed by atoms with van der Waals surface area (Å²) in [5, 5.41) is 16.0. The molecular formula is C13H17N3O4. The number of rotatable bonds is 6. The standard InChI is InChI=1S/C13H17N3O4/c1-9(2)12(17)14-7-8-15-13(18)10-5-3-4-6-11(10)16(19)20/h3-6,9H,7-8H2,1-2H3,(H,14,17)(H,15,18). The van der Waals surface area contributed by atoms with E-state index in [-0.39, 0.29) is 36.2 Å². The van der Waals surface area contributed by atoms with E-state index in [2.05, 4.69) is 10.6 Å². The van der Waals surface area contributed by atoms with E-state index in [1.165, 1.54) is 18.2 Å². The molecule has 108 valence electrons. The van der Waals surface area contributed by atoms with Crippen molar-refractivity contribution in [3.63, 3.8) is 0 Å². The van der Waals surface area contributed by atoms with E-state index in [9.17, 15) is 19.7 Å². The van der Waals surface area contributed by atoms with Gasteiger partial charge in [-0.25, -0.2) is 0 Å². The van der Waals surface area contributed by atoms with Crippen LogP contribution in [0.1, 0.15) is 24.2 Å². The number of carbonyl (C=O) groups excluding carboxylic acids is 2. The Morgan fingerprint density at radius 2 is 1.80 bits per heavy atom. The van der Waals surface area contributed by atoms with Gasteiger partial charge in [-0.1, -0.05) is 26.0 Å². The Kier molecular flexibility index (Phi) is 5.64. The average Bonchev–Trinajstić information content (AvgIpc) is 2.42. The zero-order valence-electron chi connectivity index (χ0n) is 11.4. The molecule has 0 atom stereocenters. The number of amides is 2. The number of nitrogens with one attached hydrogen (secondary N) is 2. The molecule has 2 amide bonds. The molecule has 0 aliphatic rings. The summed E-state index contributed by atoms with van der Waals surface area (Å²) in [5.41, 5.74) is -0.232. The van der Waals surface area contributed by atoms with Gasteiger partial charge in [0.1, 0.15) is 5.56 Å². The molecule has 0 saturated heterocycles. The van der Waals surface area contributed by atoms with Crippen LogP contribution in [-0.2, 0) is 4.79 Å². The Balaban J connectivity index is 2.52. The predicted molar refractivity (Wildman–Crippen MR) is 73.3 cm³/mol. The maximum atomic E-state index is 11.8. The van der Waals surface area contributed by atoms with E-state index >= 15 is 0 Å². The summed E-state index contributed by atoms with van der Waals surface area (Å²) >= 11 is 0. The van der Waals surface area contributed by atoms with E-state index in [0.717, 1.165) is 0 Å². The number of benzene rings is 1. The van der Waals surface area contributed by atoms with Crippen LogP contribution in [0.25, 0.3) is 0 Å². The third kappa shape index (κ3) is 4.34. The molecule has 0 fully saturated rings. The zero-order valence-corrected chi connectivity index (χ0v) is 11.4. The minimum Gasteiger partial charge on any atom is -0.354 e. The number of nitrogens with zero attached hydrogens (tertiary/aromatic N) is 1. The lowest BCUT2D eigenvalue weighted by molar-refractivity contribution is -0.385. The summed E-state index contributed by atoms with van der Waals surface area (Å²) in [6, 6.07) is 5.72. The Labute approximate surface area is 116 Å². The van der Waals surface area contributed by atoms with Crippen molar-refractivity contribution in [3.05, 3.63) is 39.9 Å². The molecule has 0 aliphatic heterocycles. The third-order valence-corrected chi connectivity index (χ3v) is 2.58. The monoisotopic (exact) mass is 279 g/mol. The molecule has 0 heterocycles. The van der Waals surface area contributed by atoms with Crippen LogP contribution >= 0.6 is 0 Å². The van der Waals surface area contributed by atoms with Gasteiger partial charge in [0.2, 0.25) is 5.91 Å². The lowest BCUT2D eigenvalue weighted by atomic mass is 10.1. The fourth-order valence-corrected chi connectivity index (χ4v) is 1.49. The molecule has 0 radical (unpaired) electrons. The van der Waals surface area contributed by atoms with Crippen molar-refractivity contribution < 1.29 is 14.5 Å². The van der Waals surface area contributed by atoms with E-state index in [4.69, 9.17) is 0 Å². The molecule has 2 N–H and O–H groups in total. The summed E-state index contributed by atoms with van der Waals surface area (Å²) in [7, 11) is 0. The average molecular weight is 279 g/mol. The second-order valence-corrected chi connectivity index (χ2v) is 4.48. The van der Waals surface area contributed by atoms with Crippen LogP contribution in [0, 0.1) is 16.0 Å². The van der Waals surface area contributed by atoms with Crippen LogP contribution in [0.3, 0.4) is 0 Å². The molecule has 0 bridgehead atoms. The summed E-state index contributed by atoms with van der Waals surface area (Å²) < 4.78 is 0. The molecule has 0 spiro atoms. The van der Waals surface area contributed by atoms with Gasteiger partial charge >= 0.3 is 0 Å². The molecule has 0 unspecified atom stereocenters. The SMILES string of the molecule is CC(C)C(=O)NCCNC(=O)c1ccccc1[N+](=O)[O-]. The number of nitro groups is 1. The van der Waals surface area contributed by atoms with Crippen LogP contribution in [0.5, 0.6) is 0 Å². The topological polar surface area (TPSA) is 101 Å². The smallest absolute Gasteiger partial charge is 0.282 e. The lowest BCUT2D eigenvalue weighted by Crippen LogP contribution is -2.36. The molecule has 1 rings (SSSR count). The van der Waals surface area contributed by atoms with Crippen molar-refractivity contribution in [1.29, 1.82) is 0 Å². The number of hydrogen-bond donors (Lipinski definition) is 2. The van der Waals surface area contributed by atoms with Crippen LogP contribution < -0.4 is 10.6 Å². The fourth-order valence-electron chi connectivity index (χ4n) is 1.49. The van der Waals surface area contributed by atoms with Gasteiger partial charge < -0.3 is 10.6 Å². The van der Waals surface area contributed by atoms with Crippen LogP contribution in [0.4, 0.5) is 5.69 Å². The summed E-state index contributed by atoms with van der Waals surface area (Å²) in [5.74, 6) is -0.762. The third-order valence-electron chi connectivity index (χ3n) is 2.58. The van der Waals surface area contributed by atoms with Gasteiger partial charge in [-0.15, -0.1) is 0 Å². The minimum absolute atomic E-state index is 0.00712. The largest absolute Gasteiger partial charge is 0.354 e. The van der Waals surface area contributed by atoms with Gasteiger partial charge in [-0.3, -0.25) is 19.7 Å². The first-order chi connectivity index (χ1) is 9.43. The molecule has 20 heavy (non-hydrogen) atoms. The first kappa shape index (κ1) is 15.6. The highest BCUT2D eigenvalue weighted by Crippen LogP contribution is 2.16. The van der Waals surface area contributed by atoms with Gasteiger partial charge in [0.15, 0.2) is 0 Å². The fraction of sp³-hybridized carbons (Fsp3) is 0.385. The van der Waals surface area contributed by atoms with E-state index < -0.39 is 10.8 Å². The highest BCUT2D eigenvalue weighted by Gasteiger charge is 2.18. The quantitative estimate of drug-likeness (QED) is 0.462. The number of para-hydroxylation sites is 1. The molecule has 0 saturated carbocycles. The van der Waals surface area contributed by atoms with E-state index in [0.29, 0.717) is 0 Å². The molecule has 1 aromatic rings. The van der Waals surface area contributed by atoms with Gasteiger partial charge in [0.25, 0.3) is 11.6 Å². The van der Waals surface area contributed by atoms with Crippen LogP contribution in [-0.4, -0.2) is 29.8 Å². The van der Waals surface area contributed by atoms with Crippen molar-refractivity contribution in [2.45, 2.75) is 13.8 Å². The van der Waals surface area contributed by atoms with Crippen LogP contribution in [0.2, 0.25) is 0 Å². The number of carbonyl (C=O) groups is 2. The molecule has 0 aromatic heterocycles. The first-order valence-corrected chi connectivity index (χ1v) is 6.22. The summed E-state index contributed by atoms with van der Waals surface area (Å²) in [6.45, 7) is 4.02. The normalized spacial score (nSPS) is 10.2. The van der Waals surface area contributed by atoms with Crippen molar-refractivity contribution >= 4 is 17.5 Å². The second-order valence-electron chi connectivity index (χ2n) is 4.48. The van der Waals surface area contributed by atoms with Gasteiger partial charge in [-0.2, -0.15) is 0 Å². The lowest BCUT2D eigenvalue weighted by Gasteiger charge is -2.08. The van der Waals surface area contributed by atoms with Crippen LogP contribution in [0.15, 0.2) is 24.3 Å². The molecule has 7 heteroatoms. The minimum atomic E-state index is -0.602. The molecule has 7 nitrogen and oxygen atoms in total. The van der Waals surface area contributed by atoms with Gasteiger partial charge in [0, 0.05) is 25.1 Å². The molecular weight excluding hydrogens is 262 g/mol. The van der Waals surface area contributed by atoms with Gasteiger partial charge in [0.05, 0.1) is 4.92 Å². The Bertz CT molecular complexity index is 514. The Morgan fingerprint density at radius 3 is 2.40 bits per heavy atom. The van der Waals surface area contributed by atoms with Crippen molar-refractivity contribution in [2.24, 2.45) is 5.92 Å². The zero-order chi connectivity index (χ0) is 15.1. The first-order valence-electron chi connectivity index (χ1n) is 6.22. The summed E-state index contributed by atoms with van der Waals surface area (Å²) in [6.07, 6.45) is 0. The Hall–Kier alpha value is -2.44. The number of nitro benzene ring substituents is 1. The van der Waals surface area contributed by atoms with E-state index in [1.807, 2.05) is 0 Å². The second kappa shape index (κ2) is 7.22. The van der Waals surface area contributed by atoms with Crippen molar-refractivity contribution in [1.82, 2.24) is 10.6 Å². The predicted octanol–water partition coefficient (Wildman–Crippen LogP) is 1.10. The highest BCUT2D eigenvalue weighted by molar-refractivity contribution is 5.98. The van der Waals surface area contributed by atoms with Crippen molar-refractivity contribution in [2.75, 3.05) is 13.1 Å². The van der Waals surface area contributed by atoms with Gasteiger partial charge in [-0.05, 0) is 6.07 Å². The summed E-state index contributed by atoms with van der Waals surface area (Å²) in [4.78, 5) is 33.3.